The van der Waals surface area contributed by atoms with E-state index in [-0.39, 0.29) is 0 Å². The molecule has 3 rings (SSSR count). The zero-order valence-corrected chi connectivity index (χ0v) is 12.1. The first-order chi connectivity index (χ1) is 9.06. The van der Waals surface area contributed by atoms with Gasteiger partial charge in [0.15, 0.2) is 0 Å². The van der Waals surface area contributed by atoms with Gasteiger partial charge in [-0.25, -0.2) is 0 Å². The van der Waals surface area contributed by atoms with Crippen LogP contribution in [0, 0.1) is 10.8 Å². The lowest BCUT2D eigenvalue weighted by Gasteiger charge is -2.30. The summed E-state index contributed by atoms with van der Waals surface area (Å²) in [6.07, 6.45) is 4.66. The molecule has 0 aliphatic heterocycles. The van der Waals surface area contributed by atoms with E-state index < -0.39 is 0 Å². The zero-order valence-electron chi connectivity index (χ0n) is 12.1. The third-order valence-corrected chi connectivity index (χ3v) is 5.07. The van der Waals surface area contributed by atoms with E-state index in [1.54, 1.807) is 0 Å². The topological polar surface area (TPSA) is 32.3 Å². The fourth-order valence-corrected chi connectivity index (χ4v) is 3.62. The van der Waals surface area contributed by atoms with Crippen molar-refractivity contribution < 1.29 is 5.11 Å². The lowest BCUT2D eigenvalue weighted by atomic mass is 9.85. The van der Waals surface area contributed by atoms with Crippen LogP contribution in [0.25, 0.3) is 0 Å². The quantitative estimate of drug-likeness (QED) is 0.852. The Hall–Kier alpha value is -0.860. The molecular formula is C17H25NO. The van der Waals surface area contributed by atoms with Crippen LogP contribution in [0.5, 0.6) is 0 Å². The van der Waals surface area contributed by atoms with Crippen LogP contribution in [-0.2, 0) is 6.42 Å². The normalized spacial score (nSPS) is 26.2. The molecule has 0 heterocycles. The number of nitrogens with one attached hydrogen (secondary N) is 1. The summed E-state index contributed by atoms with van der Waals surface area (Å²) in [4.78, 5) is 0. The maximum Gasteiger partial charge on any atom is 0.0436 e. The minimum Gasteiger partial charge on any atom is -0.396 e. The average Bonchev–Trinajstić information content (AvgIpc) is 3.05. The second-order valence-electron chi connectivity index (χ2n) is 7.15. The van der Waals surface area contributed by atoms with Crippen molar-refractivity contribution in [2.45, 2.75) is 45.6 Å². The molecule has 0 amide bonds. The van der Waals surface area contributed by atoms with Crippen LogP contribution in [0.4, 0.5) is 0 Å². The molecular weight excluding hydrogens is 234 g/mol. The molecule has 1 aromatic carbocycles. The summed E-state index contributed by atoms with van der Waals surface area (Å²) in [6.45, 7) is 6.09. The number of aliphatic hydroxyl groups is 1. The van der Waals surface area contributed by atoms with Gasteiger partial charge in [-0.3, -0.25) is 0 Å². The summed E-state index contributed by atoms with van der Waals surface area (Å²) in [5.41, 5.74) is 3.66. The van der Waals surface area contributed by atoms with Gasteiger partial charge < -0.3 is 10.4 Å². The van der Waals surface area contributed by atoms with Crippen molar-refractivity contribution in [3.63, 3.8) is 0 Å². The first-order valence-corrected chi connectivity index (χ1v) is 7.48. The monoisotopic (exact) mass is 259 g/mol. The Morgan fingerprint density at radius 3 is 2.68 bits per heavy atom. The third-order valence-electron chi connectivity index (χ3n) is 5.07. The number of hydrogen-bond donors (Lipinski definition) is 2. The lowest BCUT2D eigenvalue weighted by Crippen LogP contribution is -2.35. The summed E-state index contributed by atoms with van der Waals surface area (Å²) in [7, 11) is 0. The SMILES string of the molecule is CC1(C)Cc2ccccc2C1NCC1(CCO)CC1. The molecule has 0 spiro atoms. The Kier molecular flexibility index (Phi) is 3.18. The Morgan fingerprint density at radius 2 is 2.00 bits per heavy atom. The van der Waals surface area contributed by atoms with Gasteiger partial charge in [0.05, 0.1) is 0 Å². The van der Waals surface area contributed by atoms with E-state index in [9.17, 15) is 0 Å². The first-order valence-electron chi connectivity index (χ1n) is 7.48. The summed E-state index contributed by atoms with van der Waals surface area (Å²) in [5, 5.41) is 13.0. The predicted octanol–water partition coefficient (Wildman–Crippen LogP) is 3.06. The van der Waals surface area contributed by atoms with Gasteiger partial charge in [-0.05, 0) is 47.6 Å². The van der Waals surface area contributed by atoms with Gasteiger partial charge in [0, 0.05) is 19.2 Å². The molecule has 2 aliphatic carbocycles. The van der Waals surface area contributed by atoms with Crippen molar-refractivity contribution in [2.24, 2.45) is 10.8 Å². The van der Waals surface area contributed by atoms with Gasteiger partial charge in [0.1, 0.15) is 0 Å². The molecule has 19 heavy (non-hydrogen) atoms. The van der Waals surface area contributed by atoms with E-state index in [1.165, 1.54) is 24.0 Å². The van der Waals surface area contributed by atoms with Crippen molar-refractivity contribution in [3.8, 4) is 0 Å². The molecule has 1 atom stereocenters. The van der Waals surface area contributed by atoms with Crippen LogP contribution in [0.15, 0.2) is 24.3 Å². The molecule has 2 aliphatic rings. The molecule has 0 bridgehead atoms. The number of fused-ring (bicyclic) bond motifs is 1. The van der Waals surface area contributed by atoms with Gasteiger partial charge in [0.2, 0.25) is 0 Å². The van der Waals surface area contributed by atoms with E-state index in [0.29, 0.717) is 23.5 Å². The van der Waals surface area contributed by atoms with Crippen molar-refractivity contribution >= 4 is 0 Å². The molecule has 0 aromatic heterocycles. The number of hydrogen-bond acceptors (Lipinski definition) is 2. The lowest BCUT2D eigenvalue weighted by molar-refractivity contribution is 0.219. The van der Waals surface area contributed by atoms with E-state index in [2.05, 4.69) is 43.4 Å². The van der Waals surface area contributed by atoms with E-state index in [4.69, 9.17) is 5.11 Å². The minimum absolute atomic E-state index is 0.291. The molecule has 0 saturated heterocycles. The fraction of sp³-hybridized carbons (Fsp3) is 0.647. The van der Waals surface area contributed by atoms with Crippen LogP contribution in [0.2, 0.25) is 0 Å². The Labute approximate surface area is 116 Å². The number of benzene rings is 1. The van der Waals surface area contributed by atoms with Crippen LogP contribution in [-0.4, -0.2) is 18.3 Å². The van der Waals surface area contributed by atoms with Gasteiger partial charge in [-0.15, -0.1) is 0 Å². The van der Waals surface area contributed by atoms with Crippen molar-refractivity contribution in [1.29, 1.82) is 0 Å². The molecule has 1 unspecified atom stereocenters. The van der Waals surface area contributed by atoms with Crippen LogP contribution < -0.4 is 5.32 Å². The second-order valence-corrected chi connectivity index (χ2v) is 7.15. The Morgan fingerprint density at radius 1 is 1.26 bits per heavy atom. The molecule has 0 radical (unpaired) electrons. The van der Waals surface area contributed by atoms with Gasteiger partial charge in [0.25, 0.3) is 0 Å². The Bertz CT molecular complexity index is 462. The first kappa shape index (κ1) is 13.1. The molecule has 2 nitrogen and oxygen atoms in total. The highest BCUT2D eigenvalue weighted by molar-refractivity contribution is 5.37. The number of aliphatic hydroxyl groups excluding tert-OH is 1. The maximum atomic E-state index is 9.17. The third kappa shape index (κ3) is 2.44. The van der Waals surface area contributed by atoms with Crippen molar-refractivity contribution in [2.75, 3.05) is 13.2 Å². The predicted molar refractivity (Wildman–Crippen MR) is 78.0 cm³/mol. The highest BCUT2D eigenvalue weighted by atomic mass is 16.3. The average molecular weight is 259 g/mol. The summed E-state index contributed by atoms with van der Waals surface area (Å²) < 4.78 is 0. The van der Waals surface area contributed by atoms with Gasteiger partial charge in [-0.1, -0.05) is 38.1 Å². The molecule has 2 heteroatoms. The Balaban J connectivity index is 1.73. The standard InChI is InChI=1S/C17H25NO/c1-16(2)11-13-5-3-4-6-14(13)15(16)18-12-17(7-8-17)9-10-19/h3-6,15,18-19H,7-12H2,1-2H3. The zero-order chi connectivity index (χ0) is 13.5. The van der Waals surface area contributed by atoms with Crippen LogP contribution >= 0.6 is 0 Å². The van der Waals surface area contributed by atoms with Gasteiger partial charge >= 0.3 is 0 Å². The van der Waals surface area contributed by atoms with Crippen molar-refractivity contribution in [3.05, 3.63) is 35.4 Å². The molecule has 1 fully saturated rings. The van der Waals surface area contributed by atoms with E-state index in [1.807, 2.05) is 0 Å². The van der Waals surface area contributed by atoms with Gasteiger partial charge in [-0.2, -0.15) is 0 Å². The largest absolute Gasteiger partial charge is 0.396 e. The molecule has 1 saturated carbocycles. The van der Waals surface area contributed by atoms with Crippen LogP contribution in [0.1, 0.15) is 50.3 Å². The number of rotatable bonds is 5. The summed E-state index contributed by atoms with van der Waals surface area (Å²) in [5.74, 6) is 0. The van der Waals surface area contributed by atoms with E-state index >= 15 is 0 Å². The second kappa shape index (κ2) is 4.60. The van der Waals surface area contributed by atoms with Crippen LogP contribution in [0.3, 0.4) is 0 Å². The smallest absolute Gasteiger partial charge is 0.0436 e. The summed E-state index contributed by atoms with van der Waals surface area (Å²) in [6, 6.07) is 9.29. The minimum atomic E-state index is 0.291. The van der Waals surface area contributed by atoms with Crippen molar-refractivity contribution in [1.82, 2.24) is 5.32 Å². The highest BCUT2D eigenvalue weighted by Gasteiger charge is 2.44. The summed E-state index contributed by atoms with van der Waals surface area (Å²) >= 11 is 0. The molecule has 2 N–H and O–H groups in total. The fourth-order valence-electron chi connectivity index (χ4n) is 3.62. The maximum absolute atomic E-state index is 9.17. The molecule has 104 valence electrons. The molecule has 1 aromatic rings. The highest BCUT2D eigenvalue weighted by Crippen LogP contribution is 2.50. The van der Waals surface area contributed by atoms with E-state index in [0.717, 1.165) is 19.4 Å².